The van der Waals surface area contributed by atoms with Crippen molar-refractivity contribution in [2.75, 3.05) is 13.1 Å². The zero-order valence-corrected chi connectivity index (χ0v) is 16.4. The maximum atomic E-state index is 12.4. The number of nitrogens with zero attached hydrogens (tertiary/aromatic N) is 3. The van der Waals surface area contributed by atoms with E-state index in [1.807, 2.05) is 30.3 Å². The van der Waals surface area contributed by atoms with E-state index in [1.165, 1.54) is 5.56 Å². The van der Waals surface area contributed by atoms with E-state index in [-0.39, 0.29) is 5.91 Å². The van der Waals surface area contributed by atoms with Gasteiger partial charge in [0.05, 0.1) is 5.56 Å². The second-order valence-electron chi connectivity index (χ2n) is 6.62. The summed E-state index contributed by atoms with van der Waals surface area (Å²) >= 11 is 0. The molecule has 1 heterocycles. The lowest BCUT2D eigenvalue weighted by Gasteiger charge is -2.18. The molecule has 0 spiro atoms. The molecule has 5 nitrogen and oxygen atoms in total. The fourth-order valence-electron chi connectivity index (χ4n) is 2.93. The van der Waals surface area contributed by atoms with Crippen molar-refractivity contribution < 1.29 is 4.79 Å². The molecule has 1 N–H and O–H groups in total. The van der Waals surface area contributed by atoms with Crippen LogP contribution in [0.3, 0.4) is 0 Å². The molecule has 0 radical (unpaired) electrons. The highest BCUT2D eigenvalue weighted by molar-refractivity contribution is 5.93. The average Bonchev–Trinajstić information content (AvgIpc) is 2.77. The van der Waals surface area contributed by atoms with Gasteiger partial charge in [0.25, 0.3) is 5.91 Å². The van der Waals surface area contributed by atoms with Gasteiger partial charge in [-0.1, -0.05) is 68.4 Å². The smallest absolute Gasteiger partial charge is 0.254 e. The Bertz CT molecular complexity index is 873. The summed E-state index contributed by atoms with van der Waals surface area (Å²) in [6.45, 7) is 7.85. The number of hydrogen-bond donors (Lipinski definition) is 1. The number of amides is 1. The maximum absolute atomic E-state index is 12.4. The molecule has 144 valence electrons. The molecule has 0 aliphatic rings. The Hall–Kier alpha value is -3.05. The van der Waals surface area contributed by atoms with E-state index in [4.69, 9.17) is 0 Å². The van der Waals surface area contributed by atoms with E-state index in [0.717, 1.165) is 30.8 Å². The quantitative estimate of drug-likeness (QED) is 0.649. The lowest BCUT2D eigenvalue weighted by atomic mass is 10.1. The predicted molar refractivity (Wildman–Crippen MR) is 112 cm³/mol. The Morgan fingerprint density at radius 3 is 2.11 bits per heavy atom. The van der Waals surface area contributed by atoms with Gasteiger partial charge in [0.1, 0.15) is 0 Å². The van der Waals surface area contributed by atoms with Crippen molar-refractivity contribution in [2.45, 2.75) is 26.9 Å². The molecular formula is C23H26N4O. The van der Waals surface area contributed by atoms with Gasteiger partial charge in [-0.25, -0.2) is 9.97 Å². The number of aromatic nitrogens is 2. The van der Waals surface area contributed by atoms with Crippen LogP contribution in [0.25, 0.3) is 11.4 Å². The van der Waals surface area contributed by atoms with E-state index >= 15 is 0 Å². The third-order valence-corrected chi connectivity index (χ3v) is 4.72. The minimum absolute atomic E-state index is 0.174. The highest BCUT2D eigenvalue weighted by Crippen LogP contribution is 2.13. The first kappa shape index (κ1) is 19.7. The predicted octanol–water partition coefficient (Wildman–Crippen LogP) is 3.92. The van der Waals surface area contributed by atoms with E-state index in [1.54, 1.807) is 12.4 Å². The molecular weight excluding hydrogens is 348 g/mol. The maximum Gasteiger partial charge on any atom is 0.254 e. The lowest BCUT2D eigenvalue weighted by molar-refractivity contribution is 0.0950. The Balaban J connectivity index is 1.55. The Morgan fingerprint density at radius 2 is 1.50 bits per heavy atom. The fraction of sp³-hybridized carbons (Fsp3) is 0.261. The molecule has 28 heavy (non-hydrogen) atoms. The molecule has 0 saturated heterocycles. The third-order valence-electron chi connectivity index (χ3n) is 4.72. The van der Waals surface area contributed by atoms with Crippen LogP contribution in [-0.4, -0.2) is 33.9 Å². The first-order valence-corrected chi connectivity index (χ1v) is 9.65. The van der Waals surface area contributed by atoms with Gasteiger partial charge >= 0.3 is 0 Å². The number of nitrogens with one attached hydrogen (secondary N) is 1. The summed E-state index contributed by atoms with van der Waals surface area (Å²) in [6.07, 6.45) is 3.13. The molecule has 3 rings (SSSR count). The Morgan fingerprint density at radius 1 is 0.893 bits per heavy atom. The number of benzene rings is 2. The zero-order chi connectivity index (χ0) is 19.8. The fourth-order valence-corrected chi connectivity index (χ4v) is 2.93. The first-order valence-electron chi connectivity index (χ1n) is 9.65. The summed E-state index contributed by atoms with van der Waals surface area (Å²) in [5, 5.41) is 2.93. The van der Waals surface area contributed by atoms with Crippen LogP contribution in [0.5, 0.6) is 0 Å². The molecule has 3 aromatic rings. The molecule has 0 aliphatic heterocycles. The van der Waals surface area contributed by atoms with Crippen LogP contribution >= 0.6 is 0 Å². The topological polar surface area (TPSA) is 58.1 Å². The van der Waals surface area contributed by atoms with Crippen LogP contribution in [-0.2, 0) is 13.1 Å². The zero-order valence-electron chi connectivity index (χ0n) is 16.4. The second kappa shape index (κ2) is 9.76. The molecule has 0 aliphatic carbocycles. The number of hydrogen-bond acceptors (Lipinski definition) is 4. The average molecular weight is 374 g/mol. The van der Waals surface area contributed by atoms with Crippen LogP contribution in [0.1, 0.15) is 35.3 Å². The third kappa shape index (κ3) is 5.24. The van der Waals surface area contributed by atoms with Gasteiger partial charge in [-0.3, -0.25) is 9.69 Å². The van der Waals surface area contributed by atoms with E-state index in [2.05, 4.69) is 58.3 Å². The van der Waals surface area contributed by atoms with Crippen molar-refractivity contribution in [2.24, 2.45) is 0 Å². The molecule has 0 bridgehead atoms. The SMILES string of the molecule is CCN(CC)Cc1ccc(CNC(=O)c2cnc(-c3ccccc3)nc2)cc1. The summed E-state index contributed by atoms with van der Waals surface area (Å²) in [7, 11) is 0. The van der Waals surface area contributed by atoms with Crippen LogP contribution < -0.4 is 5.32 Å². The minimum atomic E-state index is -0.174. The lowest BCUT2D eigenvalue weighted by Crippen LogP contribution is -2.23. The number of rotatable bonds is 8. The standard InChI is InChI=1S/C23H26N4O/c1-3-27(4-2)17-19-12-10-18(11-13-19)14-26-23(28)21-15-24-22(25-16-21)20-8-6-5-7-9-20/h5-13,15-16H,3-4,14,17H2,1-2H3,(H,26,28). The second-order valence-corrected chi connectivity index (χ2v) is 6.62. The highest BCUT2D eigenvalue weighted by Gasteiger charge is 2.08. The van der Waals surface area contributed by atoms with Crippen molar-refractivity contribution >= 4 is 5.91 Å². The monoisotopic (exact) mass is 374 g/mol. The van der Waals surface area contributed by atoms with Crippen LogP contribution in [0.4, 0.5) is 0 Å². The summed E-state index contributed by atoms with van der Waals surface area (Å²) in [4.78, 5) is 23.3. The van der Waals surface area contributed by atoms with Gasteiger partial charge in [-0.15, -0.1) is 0 Å². The molecule has 5 heteroatoms. The molecule has 1 amide bonds. The van der Waals surface area contributed by atoms with E-state index in [0.29, 0.717) is 17.9 Å². The van der Waals surface area contributed by atoms with Gasteiger partial charge in [0.2, 0.25) is 0 Å². The van der Waals surface area contributed by atoms with Crippen molar-refractivity contribution in [1.82, 2.24) is 20.2 Å². The van der Waals surface area contributed by atoms with Crippen LogP contribution in [0.2, 0.25) is 0 Å². The molecule has 0 saturated carbocycles. The summed E-state index contributed by atoms with van der Waals surface area (Å²) in [5.74, 6) is 0.438. The summed E-state index contributed by atoms with van der Waals surface area (Å²) in [6, 6.07) is 18.1. The number of carbonyl (C=O) groups excluding carboxylic acids is 1. The normalized spacial score (nSPS) is 10.8. The van der Waals surface area contributed by atoms with Crippen molar-refractivity contribution in [3.05, 3.63) is 83.7 Å². The first-order chi connectivity index (χ1) is 13.7. The largest absolute Gasteiger partial charge is 0.348 e. The molecule has 0 fully saturated rings. The van der Waals surface area contributed by atoms with Crippen molar-refractivity contribution in [3.8, 4) is 11.4 Å². The summed E-state index contributed by atoms with van der Waals surface area (Å²) in [5.41, 5.74) is 3.74. The van der Waals surface area contributed by atoms with E-state index in [9.17, 15) is 4.79 Å². The van der Waals surface area contributed by atoms with Gasteiger partial charge in [0.15, 0.2) is 5.82 Å². The van der Waals surface area contributed by atoms with Gasteiger partial charge in [-0.05, 0) is 24.2 Å². The molecule has 0 unspecified atom stereocenters. The van der Waals surface area contributed by atoms with Crippen molar-refractivity contribution in [3.63, 3.8) is 0 Å². The molecule has 2 aromatic carbocycles. The van der Waals surface area contributed by atoms with Gasteiger partial charge in [0, 0.05) is 31.0 Å². The molecule has 1 aromatic heterocycles. The number of carbonyl (C=O) groups is 1. The Kier molecular flexibility index (Phi) is 6.87. The van der Waals surface area contributed by atoms with Crippen molar-refractivity contribution in [1.29, 1.82) is 0 Å². The van der Waals surface area contributed by atoms with Gasteiger partial charge in [-0.2, -0.15) is 0 Å². The molecule has 0 atom stereocenters. The highest BCUT2D eigenvalue weighted by atomic mass is 16.1. The van der Waals surface area contributed by atoms with Crippen LogP contribution in [0.15, 0.2) is 67.0 Å². The van der Waals surface area contributed by atoms with Gasteiger partial charge < -0.3 is 5.32 Å². The summed E-state index contributed by atoms with van der Waals surface area (Å²) < 4.78 is 0. The Labute approximate surface area is 166 Å². The van der Waals surface area contributed by atoms with E-state index < -0.39 is 0 Å². The van der Waals surface area contributed by atoms with Crippen LogP contribution in [0, 0.1) is 0 Å². The minimum Gasteiger partial charge on any atom is -0.348 e.